The predicted octanol–water partition coefficient (Wildman–Crippen LogP) is 12.5. The summed E-state index contributed by atoms with van der Waals surface area (Å²) in [6.45, 7) is 4.57. The van der Waals surface area contributed by atoms with Gasteiger partial charge in [0.25, 0.3) is 0 Å². The van der Waals surface area contributed by atoms with E-state index in [0.717, 1.165) is 42.1 Å². The van der Waals surface area contributed by atoms with Crippen LogP contribution in [0, 0.1) is 0 Å². The van der Waals surface area contributed by atoms with Gasteiger partial charge in [0, 0.05) is 20.4 Å². The van der Waals surface area contributed by atoms with Crippen LogP contribution in [0.15, 0.2) is 82.8 Å². The minimum Gasteiger partial charge on any atom is -0.251 e. The number of para-hydroxylation sites is 2. The molecule has 2 nitrogen and oxygen atoms in total. The van der Waals surface area contributed by atoms with Gasteiger partial charge in [-0.1, -0.05) is 153 Å². The third-order valence-electron chi connectivity index (χ3n) is 7.34. The molecular formula is C37H56N2Pd. The Kier molecular flexibility index (Phi) is 23.6. The van der Waals surface area contributed by atoms with E-state index in [9.17, 15) is 0 Å². The molecule has 2 aromatic rings. The van der Waals surface area contributed by atoms with Gasteiger partial charge in [0.15, 0.2) is 0 Å². The molecule has 0 unspecified atom stereocenters. The second-order valence-electron chi connectivity index (χ2n) is 11.0. The van der Waals surface area contributed by atoms with E-state index in [2.05, 4.69) is 86.7 Å². The Morgan fingerprint density at radius 2 is 0.950 bits per heavy atom. The Hall–Kier alpha value is -1.82. The second kappa shape index (κ2) is 26.1. The summed E-state index contributed by atoms with van der Waals surface area (Å²) in [6.07, 6.45) is 29.6. The van der Waals surface area contributed by atoms with Crippen LogP contribution in [0.4, 0.5) is 11.4 Å². The SMILES string of the molecule is CCCCCCCCCCCCC/C=C/C(=Nc1ccccc1)C(CCCCCCCC)=Nc1ccccc1.[Pd]. The first-order valence-electron chi connectivity index (χ1n) is 16.3. The van der Waals surface area contributed by atoms with Crippen LogP contribution in [0.2, 0.25) is 0 Å². The van der Waals surface area contributed by atoms with Crippen LogP contribution >= 0.6 is 0 Å². The topological polar surface area (TPSA) is 24.7 Å². The Morgan fingerprint density at radius 1 is 0.525 bits per heavy atom. The van der Waals surface area contributed by atoms with Crippen molar-refractivity contribution in [2.75, 3.05) is 0 Å². The van der Waals surface area contributed by atoms with Crippen molar-refractivity contribution in [3.05, 3.63) is 72.8 Å². The Morgan fingerprint density at radius 3 is 1.45 bits per heavy atom. The van der Waals surface area contributed by atoms with Crippen LogP contribution in [-0.4, -0.2) is 11.4 Å². The number of nitrogens with zero attached hydrogens (tertiary/aromatic N) is 2. The summed E-state index contributed by atoms with van der Waals surface area (Å²) in [5.74, 6) is 0. The molecule has 0 atom stereocenters. The van der Waals surface area contributed by atoms with Gasteiger partial charge in [-0.3, -0.25) is 4.99 Å². The van der Waals surface area contributed by atoms with E-state index in [-0.39, 0.29) is 20.4 Å². The zero-order valence-electron chi connectivity index (χ0n) is 25.6. The van der Waals surface area contributed by atoms with Gasteiger partial charge in [0.1, 0.15) is 0 Å². The van der Waals surface area contributed by atoms with Crippen molar-refractivity contribution < 1.29 is 20.4 Å². The monoisotopic (exact) mass is 634 g/mol. The number of unbranched alkanes of at least 4 members (excludes halogenated alkanes) is 16. The normalized spacial score (nSPS) is 12.2. The van der Waals surface area contributed by atoms with Crippen LogP contribution in [0.3, 0.4) is 0 Å². The molecule has 224 valence electrons. The first-order valence-corrected chi connectivity index (χ1v) is 16.3. The maximum absolute atomic E-state index is 5.10. The summed E-state index contributed by atoms with van der Waals surface area (Å²) in [5.41, 5.74) is 4.13. The van der Waals surface area contributed by atoms with Gasteiger partial charge in [0.2, 0.25) is 0 Å². The fourth-order valence-corrected chi connectivity index (χ4v) is 4.93. The molecule has 0 saturated carbocycles. The van der Waals surface area contributed by atoms with Crippen LogP contribution in [0.1, 0.15) is 136 Å². The third kappa shape index (κ3) is 18.5. The van der Waals surface area contributed by atoms with E-state index < -0.39 is 0 Å². The van der Waals surface area contributed by atoms with Gasteiger partial charge in [0.05, 0.1) is 22.8 Å². The van der Waals surface area contributed by atoms with Crippen LogP contribution in [-0.2, 0) is 20.4 Å². The van der Waals surface area contributed by atoms with Crippen molar-refractivity contribution in [2.24, 2.45) is 9.98 Å². The number of hydrogen-bond donors (Lipinski definition) is 0. The van der Waals surface area contributed by atoms with Gasteiger partial charge >= 0.3 is 0 Å². The van der Waals surface area contributed by atoms with Gasteiger partial charge < -0.3 is 0 Å². The molecule has 0 aliphatic rings. The molecular weight excluding hydrogens is 579 g/mol. The van der Waals surface area contributed by atoms with Crippen molar-refractivity contribution in [1.82, 2.24) is 0 Å². The summed E-state index contributed by atoms with van der Waals surface area (Å²) in [6, 6.07) is 20.7. The number of aliphatic imine (C=N–C) groups is 2. The van der Waals surface area contributed by atoms with Crippen molar-refractivity contribution in [3.63, 3.8) is 0 Å². The predicted molar refractivity (Wildman–Crippen MR) is 175 cm³/mol. The van der Waals surface area contributed by atoms with Crippen molar-refractivity contribution in [2.45, 2.75) is 136 Å². The number of allylic oxidation sites excluding steroid dienone is 2. The Bertz CT molecular complexity index is 918. The molecule has 2 rings (SSSR count). The van der Waals surface area contributed by atoms with E-state index in [0.29, 0.717) is 0 Å². The van der Waals surface area contributed by atoms with Crippen LogP contribution in [0.5, 0.6) is 0 Å². The van der Waals surface area contributed by atoms with Crippen LogP contribution in [0.25, 0.3) is 0 Å². The summed E-state index contributed by atoms with van der Waals surface area (Å²) in [7, 11) is 0. The molecule has 0 radical (unpaired) electrons. The van der Waals surface area contributed by atoms with E-state index in [1.807, 2.05) is 0 Å². The smallest absolute Gasteiger partial charge is 0.0848 e. The zero-order valence-corrected chi connectivity index (χ0v) is 27.1. The van der Waals surface area contributed by atoms with Crippen molar-refractivity contribution in [3.8, 4) is 0 Å². The summed E-state index contributed by atoms with van der Waals surface area (Å²) in [4.78, 5) is 10.2. The van der Waals surface area contributed by atoms with E-state index in [1.165, 1.54) is 103 Å². The molecule has 40 heavy (non-hydrogen) atoms. The largest absolute Gasteiger partial charge is 0.251 e. The molecule has 0 aliphatic carbocycles. The van der Waals surface area contributed by atoms with Crippen LogP contribution < -0.4 is 0 Å². The van der Waals surface area contributed by atoms with Gasteiger partial charge in [-0.25, -0.2) is 4.99 Å². The molecule has 0 aliphatic heterocycles. The zero-order chi connectivity index (χ0) is 27.6. The molecule has 0 aromatic heterocycles. The second-order valence-corrected chi connectivity index (χ2v) is 11.0. The maximum Gasteiger partial charge on any atom is 0.0848 e. The summed E-state index contributed by atoms with van der Waals surface area (Å²) in [5, 5.41) is 0. The first kappa shape index (κ1) is 36.2. The average Bonchev–Trinajstić information content (AvgIpc) is 2.97. The molecule has 3 heteroatoms. The molecule has 0 bridgehead atoms. The fourth-order valence-electron chi connectivity index (χ4n) is 4.93. The standard InChI is InChI=1S/C37H56N2.Pd/c1-3-5-7-9-11-12-13-14-15-16-17-19-27-33-37(39-35-30-24-21-25-31-35)36(32-26-18-10-8-6-4-2)38-34-28-22-20-23-29-34;/h20-25,27-31,33H,3-19,26,32H2,1-2H3;/b33-27+,38-36?,39-37?;. The molecule has 0 amide bonds. The minimum absolute atomic E-state index is 0. The number of rotatable bonds is 23. The maximum atomic E-state index is 5.10. The summed E-state index contributed by atoms with van der Waals surface area (Å²) < 4.78 is 0. The van der Waals surface area contributed by atoms with E-state index >= 15 is 0 Å². The molecule has 0 fully saturated rings. The Labute approximate surface area is 260 Å². The minimum atomic E-state index is 0. The van der Waals surface area contributed by atoms with Gasteiger partial charge in [-0.15, -0.1) is 0 Å². The first-order chi connectivity index (χ1) is 19.3. The molecule has 0 N–H and O–H groups in total. The average molecular weight is 635 g/mol. The molecule has 2 aromatic carbocycles. The van der Waals surface area contributed by atoms with E-state index in [1.54, 1.807) is 0 Å². The number of hydrogen-bond acceptors (Lipinski definition) is 2. The van der Waals surface area contributed by atoms with Crippen molar-refractivity contribution in [1.29, 1.82) is 0 Å². The Balaban J connectivity index is 0.00000800. The third-order valence-corrected chi connectivity index (χ3v) is 7.34. The summed E-state index contributed by atoms with van der Waals surface area (Å²) >= 11 is 0. The molecule has 0 saturated heterocycles. The van der Waals surface area contributed by atoms with Gasteiger partial charge in [-0.05, 0) is 56.0 Å². The molecule has 0 heterocycles. The number of benzene rings is 2. The van der Waals surface area contributed by atoms with Crippen molar-refractivity contribution >= 4 is 22.8 Å². The van der Waals surface area contributed by atoms with E-state index in [4.69, 9.17) is 9.98 Å². The fraction of sp³-hybridized carbons (Fsp3) is 0.568. The molecule has 0 spiro atoms. The van der Waals surface area contributed by atoms with Gasteiger partial charge in [-0.2, -0.15) is 0 Å². The quantitative estimate of drug-likeness (QED) is 0.0660.